The monoisotopic (exact) mass is 285 g/mol. The number of aromatic nitrogens is 1. The van der Waals surface area contributed by atoms with Crippen molar-refractivity contribution in [1.82, 2.24) is 15.2 Å². The number of hydrogen-bond donors (Lipinski definition) is 1. The predicted octanol–water partition coefficient (Wildman–Crippen LogP) is 3.44. The van der Waals surface area contributed by atoms with Crippen LogP contribution in [0.1, 0.15) is 33.3 Å². The van der Waals surface area contributed by atoms with E-state index in [4.69, 9.17) is 0 Å². The van der Waals surface area contributed by atoms with E-state index in [9.17, 15) is 0 Å². The fraction of sp³-hybridized carbons (Fsp3) is 0.500. The van der Waals surface area contributed by atoms with Gasteiger partial charge in [-0.25, -0.2) is 0 Å². The topological polar surface area (TPSA) is 28.2 Å². The van der Waals surface area contributed by atoms with E-state index in [1.807, 2.05) is 12.4 Å². The summed E-state index contributed by atoms with van der Waals surface area (Å²) in [6.07, 6.45) is 3.90. The molecule has 0 aliphatic carbocycles. The van der Waals surface area contributed by atoms with Crippen LogP contribution in [-0.4, -0.2) is 35.1 Å². The Bertz CT molecular complexity index is 550. The SMILES string of the molecule is CC(C)N(CCNCc1cncc2ccccc12)C(C)C. The summed E-state index contributed by atoms with van der Waals surface area (Å²) >= 11 is 0. The van der Waals surface area contributed by atoms with Crippen molar-refractivity contribution in [1.29, 1.82) is 0 Å². The fourth-order valence-corrected chi connectivity index (χ4v) is 2.86. The van der Waals surface area contributed by atoms with E-state index in [-0.39, 0.29) is 0 Å². The normalized spacial score (nSPS) is 12.0. The molecule has 1 aromatic heterocycles. The first-order valence-electron chi connectivity index (χ1n) is 7.87. The molecule has 0 atom stereocenters. The van der Waals surface area contributed by atoms with Crippen LogP contribution in [0.2, 0.25) is 0 Å². The molecule has 1 aromatic carbocycles. The molecule has 0 saturated heterocycles. The summed E-state index contributed by atoms with van der Waals surface area (Å²) in [5.41, 5.74) is 1.27. The van der Waals surface area contributed by atoms with Gasteiger partial charge >= 0.3 is 0 Å². The number of rotatable bonds is 7. The van der Waals surface area contributed by atoms with E-state index in [0.29, 0.717) is 12.1 Å². The van der Waals surface area contributed by atoms with Crippen LogP contribution in [0.3, 0.4) is 0 Å². The number of pyridine rings is 1. The summed E-state index contributed by atoms with van der Waals surface area (Å²) in [6, 6.07) is 9.61. The minimum atomic E-state index is 0.589. The predicted molar refractivity (Wildman–Crippen MR) is 90.4 cm³/mol. The summed E-state index contributed by atoms with van der Waals surface area (Å²) in [7, 11) is 0. The highest BCUT2D eigenvalue weighted by Gasteiger charge is 2.12. The maximum Gasteiger partial charge on any atom is 0.0346 e. The summed E-state index contributed by atoms with van der Waals surface area (Å²) in [5, 5.41) is 6.06. The van der Waals surface area contributed by atoms with Crippen LogP contribution in [0.5, 0.6) is 0 Å². The Morgan fingerprint density at radius 1 is 1.05 bits per heavy atom. The lowest BCUT2D eigenvalue weighted by atomic mass is 10.1. The number of nitrogens with zero attached hydrogens (tertiary/aromatic N) is 2. The molecule has 0 aliphatic heterocycles. The molecule has 21 heavy (non-hydrogen) atoms. The van der Waals surface area contributed by atoms with E-state index >= 15 is 0 Å². The van der Waals surface area contributed by atoms with Crippen molar-refractivity contribution < 1.29 is 0 Å². The van der Waals surface area contributed by atoms with Gasteiger partial charge in [0.15, 0.2) is 0 Å². The molecule has 0 radical (unpaired) electrons. The second kappa shape index (κ2) is 7.53. The Kier molecular flexibility index (Phi) is 5.71. The average molecular weight is 285 g/mol. The molecule has 2 aromatic rings. The first kappa shape index (κ1) is 15.9. The second-order valence-electron chi connectivity index (χ2n) is 6.12. The van der Waals surface area contributed by atoms with Crippen LogP contribution in [-0.2, 0) is 6.54 Å². The zero-order valence-electron chi connectivity index (χ0n) is 13.6. The molecular weight excluding hydrogens is 258 g/mol. The summed E-state index contributed by atoms with van der Waals surface area (Å²) in [4.78, 5) is 6.84. The second-order valence-corrected chi connectivity index (χ2v) is 6.12. The van der Waals surface area contributed by atoms with Gasteiger partial charge < -0.3 is 5.32 Å². The van der Waals surface area contributed by atoms with Crippen molar-refractivity contribution >= 4 is 10.8 Å². The minimum Gasteiger partial charge on any atom is -0.311 e. The summed E-state index contributed by atoms with van der Waals surface area (Å²) in [6.45, 7) is 12.0. The molecule has 1 heterocycles. The van der Waals surface area contributed by atoms with Crippen LogP contribution in [0.4, 0.5) is 0 Å². The number of nitrogens with one attached hydrogen (secondary N) is 1. The Labute approximate surface area is 128 Å². The first-order valence-corrected chi connectivity index (χ1v) is 7.87. The molecule has 0 unspecified atom stereocenters. The maximum absolute atomic E-state index is 4.33. The molecule has 0 spiro atoms. The van der Waals surface area contributed by atoms with Crippen molar-refractivity contribution in [3.05, 3.63) is 42.2 Å². The van der Waals surface area contributed by atoms with Gasteiger partial charge in [0.25, 0.3) is 0 Å². The van der Waals surface area contributed by atoms with Gasteiger partial charge in [-0.3, -0.25) is 9.88 Å². The van der Waals surface area contributed by atoms with Crippen LogP contribution < -0.4 is 5.32 Å². The van der Waals surface area contributed by atoms with Crippen molar-refractivity contribution in [2.45, 2.75) is 46.3 Å². The lowest BCUT2D eigenvalue weighted by Gasteiger charge is -2.30. The van der Waals surface area contributed by atoms with Crippen molar-refractivity contribution in [3.63, 3.8) is 0 Å². The molecule has 0 fully saturated rings. The molecule has 0 bridgehead atoms. The van der Waals surface area contributed by atoms with E-state index < -0.39 is 0 Å². The molecule has 2 rings (SSSR count). The maximum atomic E-state index is 4.33. The minimum absolute atomic E-state index is 0.589. The van der Waals surface area contributed by atoms with Crippen LogP contribution in [0, 0.1) is 0 Å². The molecule has 0 amide bonds. The molecule has 0 aliphatic rings. The highest BCUT2D eigenvalue weighted by molar-refractivity contribution is 5.84. The summed E-state index contributed by atoms with van der Waals surface area (Å²) < 4.78 is 0. The Hall–Kier alpha value is -1.45. The fourth-order valence-electron chi connectivity index (χ4n) is 2.86. The molecule has 3 nitrogen and oxygen atoms in total. The highest BCUT2D eigenvalue weighted by Crippen LogP contribution is 2.16. The van der Waals surface area contributed by atoms with E-state index in [0.717, 1.165) is 19.6 Å². The van der Waals surface area contributed by atoms with Gasteiger partial charge in [0.05, 0.1) is 0 Å². The lowest BCUT2D eigenvalue weighted by molar-refractivity contribution is 0.176. The van der Waals surface area contributed by atoms with Gasteiger partial charge in [-0.05, 0) is 38.6 Å². The van der Waals surface area contributed by atoms with Crippen LogP contribution >= 0.6 is 0 Å². The van der Waals surface area contributed by atoms with Crippen molar-refractivity contribution in [3.8, 4) is 0 Å². The van der Waals surface area contributed by atoms with E-state index in [2.05, 4.69) is 67.2 Å². The van der Waals surface area contributed by atoms with Crippen LogP contribution in [0.15, 0.2) is 36.7 Å². The Morgan fingerprint density at radius 3 is 2.48 bits per heavy atom. The highest BCUT2D eigenvalue weighted by atomic mass is 15.2. The summed E-state index contributed by atoms with van der Waals surface area (Å²) in [5.74, 6) is 0. The van der Waals surface area contributed by atoms with Gasteiger partial charge in [0.2, 0.25) is 0 Å². The average Bonchev–Trinajstić information content (AvgIpc) is 2.46. The third-order valence-corrected chi connectivity index (χ3v) is 3.94. The Balaban J connectivity index is 1.91. The van der Waals surface area contributed by atoms with Crippen molar-refractivity contribution in [2.24, 2.45) is 0 Å². The molecule has 3 heteroatoms. The van der Waals surface area contributed by atoms with Crippen molar-refractivity contribution in [2.75, 3.05) is 13.1 Å². The van der Waals surface area contributed by atoms with E-state index in [1.165, 1.54) is 16.3 Å². The third kappa shape index (κ3) is 4.26. The molecule has 0 saturated carbocycles. The number of hydrogen-bond acceptors (Lipinski definition) is 3. The zero-order chi connectivity index (χ0) is 15.2. The standard InChI is InChI=1S/C18H27N3/c1-14(2)21(15(3)4)10-9-19-12-17-13-20-11-16-7-5-6-8-18(16)17/h5-8,11,13-15,19H,9-10,12H2,1-4H3. The van der Waals surface area contributed by atoms with Gasteiger partial charge in [-0.2, -0.15) is 0 Å². The number of benzene rings is 1. The zero-order valence-corrected chi connectivity index (χ0v) is 13.6. The third-order valence-electron chi connectivity index (χ3n) is 3.94. The Morgan fingerprint density at radius 2 is 1.76 bits per heavy atom. The van der Waals surface area contributed by atoms with Crippen LogP contribution in [0.25, 0.3) is 10.8 Å². The largest absolute Gasteiger partial charge is 0.311 e. The molecular formula is C18H27N3. The molecule has 1 N–H and O–H groups in total. The lowest BCUT2D eigenvalue weighted by Crippen LogP contribution is -2.41. The quantitative estimate of drug-likeness (QED) is 0.790. The smallest absolute Gasteiger partial charge is 0.0346 e. The van der Waals surface area contributed by atoms with Gasteiger partial charge in [0, 0.05) is 49.5 Å². The van der Waals surface area contributed by atoms with Gasteiger partial charge in [0.1, 0.15) is 0 Å². The van der Waals surface area contributed by atoms with Gasteiger partial charge in [-0.1, -0.05) is 24.3 Å². The van der Waals surface area contributed by atoms with Gasteiger partial charge in [-0.15, -0.1) is 0 Å². The number of fused-ring (bicyclic) bond motifs is 1. The van der Waals surface area contributed by atoms with E-state index in [1.54, 1.807) is 0 Å². The molecule has 114 valence electrons. The first-order chi connectivity index (χ1) is 10.1.